The lowest BCUT2D eigenvalue weighted by atomic mass is 10.1. The summed E-state index contributed by atoms with van der Waals surface area (Å²) in [5, 5.41) is 3.41. The fourth-order valence-electron chi connectivity index (χ4n) is 1.28. The maximum atomic E-state index is 11.8. The Morgan fingerprint density at radius 2 is 2.29 bits per heavy atom. The molecule has 0 heterocycles. The topological polar surface area (TPSA) is 38.3 Å². The number of alkyl halides is 1. The van der Waals surface area contributed by atoms with Gasteiger partial charge in [0.1, 0.15) is 0 Å². The van der Waals surface area contributed by atoms with Gasteiger partial charge >= 0.3 is 0 Å². The van der Waals surface area contributed by atoms with Crippen LogP contribution >= 0.6 is 27.5 Å². The normalized spacial score (nSPS) is 12.2. The smallest absolute Gasteiger partial charge is 0.251 e. The fraction of sp³-hybridized carbons (Fsp3) is 0.417. The Morgan fingerprint density at radius 3 is 2.88 bits per heavy atom. The Hall–Kier alpha value is -0.580. The number of carbonyl (C=O) groups is 1. The highest BCUT2D eigenvalue weighted by Gasteiger charge is 2.09. The molecular formula is C12H15BrClNO2. The van der Waals surface area contributed by atoms with E-state index in [2.05, 4.69) is 21.2 Å². The minimum atomic E-state index is -0.132. The maximum Gasteiger partial charge on any atom is 0.251 e. The summed E-state index contributed by atoms with van der Waals surface area (Å²) in [5.74, 6) is -0.132. The van der Waals surface area contributed by atoms with E-state index in [0.29, 0.717) is 23.7 Å². The number of aryl methyl sites for hydroxylation is 1. The first-order valence-corrected chi connectivity index (χ1v) is 6.51. The minimum absolute atomic E-state index is 0.109. The Kier molecular flexibility index (Phi) is 5.95. The van der Waals surface area contributed by atoms with Crippen molar-refractivity contribution in [3.63, 3.8) is 0 Å². The first-order chi connectivity index (χ1) is 8.04. The number of amides is 1. The summed E-state index contributed by atoms with van der Waals surface area (Å²) in [6.07, 6.45) is 0. The monoisotopic (exact) mass is 319 g/mol. The molecule has 3 nitrogen and oxygen atoms in total. The number of benzene rings is 1. The van der Waals surface area contributed by atoms with E-state index in [1.807, 2.05) is 13.0 Å². The molecule has 1 atom stereocenters. The van der Waals surface area contributed by atoms with Gasteiger partial charge in [-0.2, -0.15) is 0 Å². The highest BCUT2D eigenvalue weighted by Crippen LogP contribution is 2.16. The minimum Gasteiger partial charge on any atom is -0.383 e. The number of hydrogen-bond donors (Lipinski definition) is 1. The summed E-state index contributed by atoms with van der Waals surface area (Å²) in [5.41, 5.74) is 1.53. The van der Waals surface area contributed by atoms with Crippen LogP contribution in [0.4, 0.5) is 0 Å². The molecule has 0 saturated carbocycles. The van der Waals surface area contributed by atoms with Gasteiger partial charge in [0.2, 0.25) is 0 Å². The van der Waals surface area contributed by atoms with Gasteiger partial charge in [-0.25, -0.2) is 0 Å². The highest BCUT2D eigenvalue weighted by molar-refractivity contribution is 9.09. The molecule has 1 aromatic carbocycles. The van der Waals surface area contributed by atoms with E-state index in [0.717, 1.165) is 5.56 Å². The molecule has 0 bridgehead atoms. The van der Waals surface area contributed by atoms with Crippen molar-refractivity contribution in [1.82, 2.24) is 5.32 Å². The summed E-state index contributed by atoms with van der Waals surface area (Å²) < 4.78 is 4.96. The summed E-state index contributed by atoms with van der Waals surface area (Å²) in [4.78, 5) is 11.9. The molecule has 17 heavy (non-hydrogen) atoms. The van der Waals surface area contributed by atoms with Gasteiger partial charge in [0, 0.05) is 24.2 Å². The highest BCUT2D eigenvalue weighted by atomic mass is 79.9. The molecule has 1 rings (SSSR count). The van der Waals surface area contributed by atoms with Crippen LogP contribution in [-0.2, 0) is 4.74 Å². The molecule has 0 radical (unpaired) electrons. The lowest BCUT2D eigenvalue weighted by molar-refractivity contribution is 0.0950. The second kappa shape index (κ2) is 6.99. The number of carbonyl (C=O) groups excluding carboxylic acids is 1. The molecule has 0 saturated heterocycles. The van der Waals surface area contributed by atoms with Gasteiger partial charge in [0.25, 0.3) is 5.91 Å². The predicted octanol–water partition coefficient (Wildman–Crippen LogP) is 2.79. The van der Waals surface area contributed by atoms with Crippen LogP contribution in [0, 0.1) is 6.92 Å². The zero-order chi connectivity index (χ0) is 12.8. The van der Waals surface area contributed by atoms with Crippen molar-refractivity contribution in [3.8, 4) is 0 Å². The number of methoxy groups -OCH3 is 1. The molecule has 0 aliphatic carbocycles. The van der Waals surface area contributed by atoms with Gasteiger partial charge in [-0.1, -0.05) is 33.6 Å². The number of halogens is 2. The van der Waals surface area contributed by atoms with Gasteiger partial charge in [-0.3, -0.25) is 4.79 Å². The summed E-state index contributed by atoms with van der Waals surface area (Å²) in [7, 11) is 1.62. The quantitative estimate of drug-likeness (QED) is 0.847. The van der Waals surface area contributed by atoms with Crippen LogP contribution in [0.5, 0.6) is 0 Å². The lowest BCUT2D eigenvalue weighted by Gasteiger charge is -2.10. The van der Waals surface area contributed by atoms with Gasteiger partial charge in [0.15, 0.2) is 0 Å². The standard InChI is InChI=1S/C12H15BrClNO2/c1-8-3-4-9(5-11(8)14)12(16)15-6-10(13)7-17-2/h3-5,10H,6-7H2,1-2H3,(H,15,16). The lowest BCUT2D eigenvalue weighted by Crippen LogP contribution is -2.31. The van der Waals surface area contributed by atoms with Crippen molar-refractivity contribution in [2.75, 3.05) is 20.3 Å². The van der Waals surface area contributed by atoms with E-state index in [-0.39, 0.29) is 10.7 Å². The van der Waals surface area contributed by atoms with Crippen molar-refractivity contribution in [2.45, 2.75) is 11.8 Å². The first-order valence-electron chi connectivity index (χ1n) is 5.22. The number of nitrogens with one attached hydrogen (secondary N) is 1. The SMILES string of the molecule is COCC(Br)CNC(=O)c1ccc(C)c(Cl)c1. The van der Waals surface area contributed by atoms with Crippen LogP contribution in [0.2, 0.25) is 5.02 Å². The Balaban J connectivity index is 2.55. The molecule has 1 amide bonds. The molecule has 0 spiro atoms. The van der Waals surface area contributed by atoms with Crippen LogP contribution in [0.25, 0.3) is 0 Å². The Labute approximate surface area is 115 Å². The number of hydrogen-bond acceptors (Lipinski definition) is 2. The molecule has 0 aliphatic heterocycles. The molecule has 5 heteroatoms. The predicted molar refractivity (Wildman–Crippen MR) is 73.1 cm³/mol. The molecular weight excluding hydrogens is 305 g/mol. The van der Waals surface area contributed by atoms with E-state index in [9.17, 15) is 4.79 Å². The van der Waals surface area contributed by atoms with Gasteiger partial charge in [0.05, 0.1) is 11.4 Å². The van der Waals surface area contributed by atoms with Crippen LogP contribution in [-0.4, -0.2) is 31.0 Å². The van der Waals surface area contributed by atoms with E-state index >= 15 is 0 Å². The molecule has 0 fully saturated rings. The zero-order valence-corrected chi connectivity index (χ0v) is 12.1. The van der Waals surface area contributed by atoms with Crippen molar-refractivity contribution in [1.29, 1.82) is 0 Å². The molecule has 0 aliphatic rings. The van der Waals surface area contributed by atoms with Crippen LogP contribution in [0.1, 0.15) is 15.9 Å². The van der Waals surface area contributed by atoms with Gasteiger partial charge in [-0.05, 0) is 24.6 Å². The Bertz CT molecular complexity index is 398. The molecule has 1 unspecified atom stereocenters. The third-order valence-corrected chi connectivity index (χ3v) is 3.26. The van der Waals surface area contributed by atoms with E-state index in [4.69, 9.17) is 16.3 Å². The average Bonchev–Trinajstić information content (AvgIpc) is 2.30. The van der Waals surface area contributed by atoms with Gasteiger partial charge < -0.3 is 10.1 Å². The summed E-state index contributed by atoms with van der Waals surface area (Å²) in [6, 6.07) is 5.26. The van der Waals surface area contributed by atoms with Crippen molar-refractivity contribution >= 4 is 33.4 Å². The second-order valence-corrected chi connectivity index (χ2v) is 5.43. The third kappa shape index (κ3) is 4.66. The Morgan fingerprint density at radius 1 is 1.59 bits per heavy atom. The van der Waals surface area contributed by atoms with Gasteiger partial charge in [-0.15, -0.1) is 0 Å². The first kappa shape index (κ1) is 14.5. The van der Waals surface area contributed by atoms with Crippen molar-refractivity contribution in [3.05, 3.63) is 34.3 Å². The van der Waals surface area contributed by atoms with Crippen molar-refractivity contribution in [2.24, 2.45) is 0 Å². The zero-order valence-electron chi connectivity index (χ0n) is 9.80. The third-order valence-electron chi connectivity index (χ3n) is 2.27. The summed E-state index contributed by atoms with van der Waals surface area (Å²) >= 11 is 9.36. The number of rotatable bonds is 5. The molecule has 1 aromatic rings. The average molecular weight is 321 g/mol. The van der Waals surface area contributed by atoms with Crippen LogP contribution in [0.15, 0.2) is 18.2 Å². The van der Waals surface area contributed by atoms with E-state index < -0.39 is 0 Å². The van der Waals surface area contributed by atoms with Crippen LogP contribution in [0.3, 0.4) is 0 Å². The molecule has 1 N–H and O–H groups in total. The number of ether oxygens (including phenoxy) is 1. The largest absolute Gasteiger partial charge is 0.383 e. The van der Waals surface area contributed by atoms with E-state index in [1.54, 1.807) is 19.2 Å². The fourth-order valence-corrected chi connectivity index (χ4v) is 1.89. The maximum absolute atomic E-state index is 11.8. The van der Waals surface area contributed by atoms with E-state index in [1.165, 1.54) is 0 Å². The van der Waals surface area contributed by atoms with Crippen molar-refractivity contribution < 1.29 is 9.53 Å². The molecule has 94 valence electrons. The summed E-state index contributed by atoms with van der Waals surface area (Å²) in [6.45, 7) is 2.96. The molecule has 0 aromatic heterocycles. The van der Waals surface area contributed by atoms with Crippen LogP contribution < -0.4 is 5.32 Å². The second-order valence-electron chi connectivity index (χ2n) is 3.73.